The normalized spacial score (nSPS) is 10.3. The number of hydrogen-bond donors (Lipinski definition) is 2. The summed E-state index contributed by atoms with van der Waals surface area (Å²) in [4.78, 5) is 12.1. The molecule has 0 aliphatic carbocycles. The number of hydrogen-bond acceptors (Lipinski definition) is 3. The third kappa shape index (κ3) is 6.06. The highest BCUT2D eigenvalue weighted by Crippen LogP contribution is 2.17. The van der Waals surface area contributed by atoms with E-state index in [2.05, 4.69) is 17.6 Å². The van der Waals surface area contributed by atoms with Crippen LogP contribution in [-0.2, 0) is 0 Å². The van der Waals surface area contributed by atoms with Crippen LogP contribution in [0.3, 0.4) is 0 Å². The van der Waals surface area contributed by atoms with Crippen LogP contribution in [-0.4, -0.2) is 32.7 Å². The molecule has 0 aliphatic rings. The van der Waals surface area contributed by atoms with Gasteiger partial charge < -0.3 is 15.4 Å². The average Bonchev–Trinajstić information content (AvgIpc) is 2.43. The van der Waals surface area contributed by atoms with E-state index in [4.69, 9.17) is 4.74 Å². The van der Waals surface area contributed by atoms with Crippen LogP contribution in [0.1, 0.15) is 42.1 Å². The van der Waals surface area contributed by atoms with Gasteiger partial charge in [0.25, 0.3) is 5.91 Å². The molecule has 0 saturated carbocycles. The minimum atomic E-state index is -0.0248. The molecule has 1 amide bonds. The van der Waals surface area contributed by atoms with Gasteiger partial charge in [-0.15, -0.1) is 0 Å². The molecule has 112 valence electrons. The largest absolute Gasteiger partial charge is 0.492 e. The van der Waals surface area contributed by atoms with Crippen LogP contribution in [0.4, 0.5) is 0 Å². The molecule has 0 bridgehead atoms. The summed E-state index contributed by atoms with van der Waals surface area (Å²) >= 11 is 0. The molecule has 0 fully saturated rings. The number of ether oxygens (including phenoxy) is 1. The van der Waals surface area contributed by atoms with Crippen molar-refractivity contribution in [3.63, 3.8) is 0 Å². The maximum absolute atomic E-state index is 12.1. The highest BCUT2D eigenvalue weighted by molar-refractivity contribution is 5.94. The van der Waals surface area contributed by atoms with Gasteiger partial charge in [-0.2, -0.15) is 0 Å². The Labute approximate surface area is 121 Å². The van der Waals surface area contributed by atoms with Gasteiger partial charge in [0.15, 0.2) is 0 Å². The molecule has 1 aromatic rings. The first kappa shape index (κ1) is 16.5. The van der Waals surface area contributed by atoms with Crippen LogP contribution in [0.5, 0.6) is 5.75 Å². The molecule has 0 saturated heterocycles. The lowest BCUT2D eigenvalue weighted by Crippen LogP contribution is -2.24. The van der Waals surface area contributed by atoms with Crippen molar-refractivity contribution in [1.82, 2.24) is 10.6 Å². The predicted molar refractivity (Wildman–Crippen MR) is 82.5 cm³/mol. The van der Waals surface area contributed by atoms with Gasteiger partial charge in [0.1, 0.15) is 12.4 Å². The second-order valence-corrected chi connectivity index (χ2v) is 4.95. The number of carbonyl (C=O) groups is 1. The lowest BCUT2D eigenvalue weighted by Gasteiger charge is -2.10. The van der Waals surface area contributed by atoms with Gasteiger partial charge >= 0.3 is 0 Å². The number of benzene rings is 1. The summed E-state index contributed by atoms with van der Waals surface area (Å²) in [6.45, 7) is 6.23. The van der Waals surface area contributed by atoms with Gasteiger partial charge in [0, 0.05) is 18.7 Å². The zero-order chi connectivity index (χ0) is 14.8. The van der Waals surface area contributed by atoms with Gasteiger partial charge in [-0.05, 0) is 44.2 Å². The van der Waals surface area contributed by atoms with Crippen molar-refractivity contribution in [2.45, 2.75) is 33.1 Å². The summed E-state index contributed by atoms with van der Waals surface area (Å²) in [5, 5.41) is 5.97. The van der Waals surface area contributed by atoms with Crippen molar-refractivity contribution in [3.05, 3.63) is 29.3 Å². The first-order chi connectivity index (χ1) is 9.67. The maximum atomic E-state index is 12.1. The van der Waals surface area contributed by atoms with Gasteiger partial charge in [-0.1, -0.05) is 19.8 Å². The van der Waals surface area contributed by atoms with E-state index < -0.39 is 0 Å². The molecule has 1 aromatic carbocycles. The predicted octanol–water partition coefficient (Wildman–Crippen LogP) is 2.51. The summed E-state index contributed by atoms with van der Waals surface area (Å²) in [7, 11) is 1.88. The van der Waals surface area contributed by atoms with Crippen molar-refractivity contribution in [1.29, 1.82) is 0 Å². The van der Waals surface area contributed by atoms with E-state index in [9.17, 15) is 4.79 Å². The quantitative estimate of drug-likeness (QED) is 0.682. The minimum Gasteiger partial charge on any atom is -0.492 e. The van der Waals surface area contributed by atoms with Crippen LogP contribution >= 0.6 is 0 Å². The van der Waals surface area contributed by atoms with Crippen LogP contribution < -0.4 is 15.4 Å². The van der Waals surface area contributed by atoms with E-state index in [0.717, 1.165) is 43.7 Å². The van der Waals surface area contributed by atoms with Crippen LogP contribution in [0.15, 0.2) is 18.2 Å². The van der Waals surface area contributed by atoms with Crippen LogP contribution in [0.25, 0.3) is 0 Å². The molecule has 0 spiro atoms. The molecule has 4 heteroatoms. The fraction of sp³-hybridized carbons (Fsp3) is 0.562. The Balaban J connectivity index is 2.57. The van der Waals surface area contributed by atoms with Crippen LogP contribution in [0, 0.1) is 6.92 Å². The lowest BCUT2D eigenvalue weighted by atomic mass is 10.1. The Bertz CT molecular complexity index is 419. The van der Waals surface area contributed by atoms with E-state index in [0.29, 0.717) is 12.2 Å². The molecular weight excluding hydrogens is 252 g/mol. The molecular formula is C16H26N2O2. The van der Waals surface area contributed by atoms with E-state index in [1.807, 2.05) is 26.1 Å². The Kier molecular flexibility index (Phi) is 7.73. The molecule has 0 aromatic heterocycles. The number of rotatable bonds is 9. The summed E-state index contributed by atoms with van der Waals surface area (Å²) in [5.41, 5.74) is 1.70. The topological polar surface area (TPSA) is 50.4 Å². The fourth-order valence-corrected chi connectivity index (χ4v) is 1.91. The lowest BCUT2D eigenvalue weighted by molar-refractivity contribution is 0.0952. The molecule has 0 atom stereocenters. The summed E-state index contributed by atoms with van der Waals surface area (Å²) in [5.74, 6) is 0.724. The monoisotopic (exact) mass is 278 g/mol. The highest BCUT2D eigenvalue weighted by atomic mass is 16.5. The molecule has 20 heavy (non-hydrogen) atoms. The first-order valence-corrected chi connectivity index (χ1v) is 7.34. The average molecular weight is 278 g/mol. The maximum Gasteiger partial charge on any atom is 0.251 e. The summed E-state index contributed by atoms with van der Waals surface area (Å²) in [6, 6.07) is 5.64. The molecule has 0 unspecified atom stereocenters. The van der Waals surface area contributed by atoms with Gasteiger partial charge in [0.05, 0.1) is 0 Å². The summed E-state index contributed by atoms with van der Waals surface area (Å²) < 4.78 is 5.62. The third-order valence-electron chi connectivity index (χ3n) is 3.00. The third-order valence-corrected chi connectivity index (χ3v) is 3.00. The Morgan fingerprint density at radius 1 is 1.20 bits per heavy atom. The molecule has 0 radical (unpaired) electrons. The van der Waals surface area contributed by atoms with Gasteiger partial charge in [-0.3, -0.25) is 4.79 Å². The first-order valence-electron chi connectivity index (χ1n) is 7.34. The smallest absolute Gasteiger partial charge is 0.251 e. The van der Waals surface area contributed by atoms with E-state index >= 15 is 0 Å². The Morgan fingerprint density at radius 3 is 2.70 bits per heavy atom. The van der Waals surface area contributed by atoms with Crippen molar-refractivity contribution in [2.75, 3.05) is 26.7 Å². The Hall–Kier alpha value is -1.55. The standard InChI is InChI=1S/C16H26N2O2/c1-4-5-6-7-18-16(19)14-10-13(2)11-15(12-14)20-9-8-17-3/h10-12,17H,4-9H2,1-3H3,(H,18,19). The van der Waals surface area contributed by atoms with Crippen molar-refractivity contribution in [2.24, 2.45) is 0 Å². The van der Waals surface area contributed by atoms with Crippen LogP contribution in [0.2, 0.25) is 0 Å². The number of likely N-dealkylation sites (N-methyl/N-ethyl adjacent to an activating group) is 1. The number of nitrogens with one attached hydrogen (secondary N) is 2. The van der Waals surface area contributed by atoms with E-state index in [1.54, 1.807) is 6.07 Å². The van der Waals surface area contributed by atoms with E-state index in [1.165, 1.54) is 0 Å². The number of aryl methyl sites for hydroxylation is 1. The van der Waals surface area contributed by atoms with Gasteiger partial charge in [-0.25, -0.2) is 0 Å². The SMILES string of the molecule is CCCCCNC(=O)c1cc(C)cc(OCCNC)c1. The minimum absolute atomic E-state index is 0.0248. The second-order valence-electron chi connectivity index (χ2n) is 4.95. The molecule has 0 aliphatic heterocycles. The van der Waals surface area contributed by atoms with Crippen molar-refractivity contribution in [3.8, 4) is 5.75 Å². The molecule has 2 N–H and O–H groups in total. The molecule has 1 rings (SSSR count). The van der Waals surface area contributed by atoms with E-state index in [-0.39, 0.29) is 5.91 Å². The zero-order valence-corrected chi connectivity index (χ0v) is 12.8. The number of carbonyl (C=O) groups excluding carboxylic acids is 1. The van der Waals surface area contributed by atoms with Gasteiger partial charge in [0.2, 0.25) is 0 Å². The second kappa shape index (κ2) is 9.37. The summed E-state index contributed by atoms with van der Waals surface area (Å²) in [6.07, 6.45) is 3.33. The van der Waals surface area contributed by atoms with Crippen molar-refractivity contribution < 1.29 is 9.53 Å². The molecule has 0 heterocycles. The zero-order valence-electron chi connectivity index (χ0n) is 12.8. The number of amides is 1. The number of unbranched alkanes of at least 4 members (excludes halogenated alkanes) is 2. The highest BCUT2D eigenvalue weighted by Gasteiger charge is 2.07. The molecule has 4 nitrogen and oxygen atoms in total. The fourth-order valence-electron chi connectivity index (χ4n) is 1.91. The van der Waals surface area contributed by atoms with Crippen molar-refractivity contribution >= 4 is 5.91 Å². The Morgan fingerprint density at radius 2 is 2.00 bits per heavy atom.